The molecule has 12 heteroatoms. The van der Waals surface area contributed by atoms with E-state index in [0.29, 0.717) is 23.9 Å². The number of unbranched alkanes of at least 4 members (excludes halogenated alkanes) is 14. The minimum absolute atomic E-state index is 0.0154. The normalized spacial score (nSPS) is 15.1. The molecule has 0 radical (unpaired) electrons. The Morgan fingerprint density at radius 2 is 1.10 bits per heavy atom. The second-order valence-electron chi connectivity index (χ2n) is 16.4. The van der Waals surface area contributed by atoms with Gasteiger partial charge in [-0.15, -0.1) is 0 Å². The first-order valence-corrected chi connectivity index (χ1v) is 24.0. The summed E-state index contributed by atoms with van der Waals surface area (Å²) >= 11 is 0. The Labute approximate surface area is 353 Å². The minimum atomic E-state index is -4.45. The van der Waals surface area contributed by atoms with Crippen molar-refractivity contribution in [1.82, 2.24) is 0 Å². The number of ether oxygens (including phenoxy) is 2. The molecule has 0 aromatic rings. The van der Waals surface area contributed by atoms with Crippen molar-refractivity contribution in [3.8, 4) is 0 Å². The molecule has 0 aliphatic rings. The number of likely N-dealkylation sites (N-methyl/N-ethyl adjacent to an activating group) is 1. The van der Waals surface area contributed by atoms with Crippen molar-refractivity contribution in [3.63, 3.8) is 0 Å². The molecule has 0 aromatic heterocycles. The molecule has 338 valence electrons. The molecule has 0 amide bonds. The number of hydrogen-bond acceptors (Lipinski definition) is 9. The Bertz CT molecular complexity index is 1170. The van der Waals surface area contributed by atoms with Gasteiger partial charge in [0.05, 0.1) is 40.0 Å². The van der Waals surface area contributed by atoms with Crippen molar-refractivity contribution in [2.45, 2.75) is 186 Å². The number of phosphoric acid groups is 1. The fourth-order valence-corrected chi connectivity index (χ4v) is 6.56. The number of carbonyl (C=O) groups excluding carboxylic acids is 2. The topological polar surface area (TPSA) is 149 Å². The number of quaternary nitrogens is 1. The zero-order valence-corrected chi connectivity index (χ0v) is 38.1. The Balaban J connectivity index is 4.60. The highest BCUT2D eigenvalue weighted by Gasteiger charge is 2.27. The summed E-state index contributed by atoms with van der Waals surface area (Å²) in [6.07, 6.45) is 36.1. The summed E-state index contributed by atoms with van der Waals surface area (Å²) < 4.78 is 34.1. The van der Waals surface area contributed by atoms with E-state index in [4.69, 9.17) is 18.5 Å². The molecule has 0 aliphatic heterocycles. The number of nitrogens with zero attached hydrogens (tertiary/aromatic N) is 1. The Hall–Kier alpha value is -2.11. The average molecular weight is 843 g/mol. The van der Waals surface area contributed by atoms with Gasteiger partial charge in [0.2, 0.25) is 0 Å². The van der Waals surface area contributed by atoms with Crippen molar-refractivity contribution >= 4 is 19.8 Å². The molecule has 11 nitrogen and oxygen atoms in total. The van der Waals surface area contributed by atoms with Crippen LogP contribution in [0, 0.1) is 0 Å². The predicted molar refractivity (Wildman–Crippen MR) is 236 cm³/mol. The molecule has 0 rings (SSSR count). The van der Waals surface area contributed by atoms with Gasteiger partial charge in [0.15, 0.2) is 6.10 Å². The number of hydrogen-bond donors (Lipinski definition) is 3. The number of aliphatic hydroxyl groups is 2. The molecule has 0 saturated heterocycles. The summed E-state index contributed by atoms with van der Waals surface area (Å²) in [5, 5.41) is 20.7. The van der Waals surface area contributed by atoms with Crippen LogP contribution in [0.1, 0.15) is 168 Å². The summed E-state index contributed by atoms with van der Waals surface area (Å²) in [5.74, 6) is -1.09. The van der Waals surface area contributed by atoms with Crippen molar-refractivity contribution in [2.75, 3.05) is 47.5 Å². The molecular formula is C46H85NO10P+. The third-order valence-electron chi connectivity index (χ3n) is 9.53. The molecule has 0 aliphatic carbocycles. The highest BCUT2D eigenvalue weighted by atomic mass is 31.2. The fourth-order valence-electron chi connectivity index (χ4n) is 5.82. The van der Waals surface area contributed by atoms with Crippen LogP contribution in [0.5, 0.6) is 0 Å². The van der Waals surface area contributed by atoms with Crippen molar-refractivity contribution in [2.24, 2.45) is 0 Å². The maximum absolute atomic E-state index is 12.7. The van der Waals surface area contributed by atoms with E-state index in [0.717, 1.165) is 44.9 Å². The van der Waals surface area contributed by atoms with Gasteiger partial charge in [0.1, 0.15) is 19.8 Å². The second kappa shape index (κ2) is 37.9. The predicted octanol–water partition coefficient (Wildman–Crippen LogP) is 10.6. The highest BCUT2D eigenvalue weighted by molar-refractivity contribution is 7.47. The zero-order chi connectivity index (χ0) is 43.2. The Kier molecular flexibility index (Phi) is 36.5. The molecule has 0 aromatic carbocycles. The Morgan fingerprint density at radius 1 is 0.603 bits per heavy atom. The van der Waals surface area contributed by atoms with E-state index in [1.165, 1.54) is 70.6 Å². The van der Waals surface area contributed by atoms with Crippen LogP contribution in [0.25, 0.3) is 0 Å². The van der Waals surface area contributed by atoms with Gasteiger partial charge in [0.25, 0.3) is 0 Å². The van der Waals surface area contributed by atoms with Crippen molar-refractivity contribution in [1.29, 1.82) is 0 Å². The van der Waals surface area contributed by atoms with Crippen LogP contribution >= 0.6 is 7.82 Å². The number of carbonyl (C=O) groups is 2. The van der Waals surface area contributed by atoms with Gasteiger partial charge >= 0.3 is 19.8 Å². The molecule has 0 bridgehead atoms. The van der Waals surface area contributed by atoms with Crippen LogP contribution in [0.2, 0.25) is 0 Å². The smallest absolute Gasteiger partial charge is 0.462 e. The molecule has 3 N–H and O–H groups in total. The van der Waals surface area contributed by atoms with Gasteiger partial charge in [-0.1, -0.05) is 127 Å². The van der Waals surface area contributed by atoms with Crippen LogP contribution in [-0.4, -0.2) is 97.3 Å². The fraction of sp³-hybridized carbons (Fsp3) is 0.783. The quantitative estimate of drug-likeness (QED) is 0.0179. The van der Waals surface area contributed by atoms with Crippen LogP contribution in [-0.2, 0) is 32.7 Å². The molecule has 58 heavy (non-hydrogen) atoms. The summed E-state index contributed by atoms with van der Waals surface area (Å²) in [6.45, 7) is 4.03. The monoisotopic (exact) mass is 843 g/mol. The third-order valence-corrected chi connectivity index (χ3v) is 10.5. The van der Waals surface area contributed by atoms with Gasteiger partial charge in [-0.05, 0) is 77.0 Å². The first kappa shape index (κ1) is 55.9. The second-order valence-corrected chi connectivity index (χ2v) is 17.8. The van der Waals surface area contributed by atoms with E-state index in [1.807, 2.05) is 33.3 Å². The number of aliphatic hydroxyl groups excluding tert-OH is 2. The van der Waals surface area contributed by atoms with Crippen LogP contribution in [0.15, 0.2) is 48.6 Å². The maximum Gasteiger partial charge on any atom is 0.472 e. The first-order valence-electron chi connectivity index (χ1n) is 22.5. The van der Waals surface area contributed by atoms with E-state index in [-0.39, 0.29) is 38.9 Å². The lowest BCUT2D eigenvalue weighted by atomic mass is 10.0. The lowest BCUT2D eigenvalue weighted by Crippen LogP contribution is -2.37. The van der Waals surface area contributed by atoms with Crippen molar-refractivity contribution < 1.29 is 52.3 Å². The van der Waals surface area contributed by atoms with E-state index < -0.39 is 44.7 Å². The summed E-state index contributed by atoms with van der Waals surface area (Å²) in [7, 11) is 1.32. The Morgan fingerprint density at radius 3 is 1.72 bits per heavy atom. The molecule has 3 unspecified atom stereocenters. The molecule has 0 fully saturated rings. The number of allylic oxidation sites excluding steroid dienone is 7. The van der Waals surface area contributed by atoms with Gasteiger partial charge in [-0.3, -0.25) is 18.6 Å². The minimum Gasteiger partial charge on any atom is -0.462 e. The lowest BCUT2D eigenvalue weighted by molar-refractivity contribution is -0.870. The highest BCUT2D eigenvalue weighted by Crippen LogP contribution is 2.43. The number of phosphoric ester groups is 1. The van der Waals surface area contributed by atoms with Gasteiger partial charge < -0.3 is 29.1 Å². The van der Waals surface area contributed by atoms with Crippen molar-refractivity contribution in [3.05, 3.63) is 48.6 Å². The molecule has 0 spiro atoms. The van der Waals surface area contributed by atoms with Gasteiger partial charge in [-0.2, -0.15) is 0 Å². The summed E-state index contributed by atoms with van der Waals surface area (Å²) in [5.41, 5.74) is 0. The number of rotatable bonds is 40. The maximum atomic E-state index is 12.7. The van der Waals surface area contributed by atoms with Gasteiger partial charge in [0, 0.05) is 12.8 Å². The first-order chi connectivity index (χ1) is 27.8. The standard InChI is InChI=1S/C46H84NO10P/c1-6-8-10-12-14-16-18-20-21-22-24-26-28-30-32-36-46(51)57-42(41-56-58(52,53)55-39-38-47(3,4)5)40-54-45(50)37-33-35-44(49)43(48)34-31-29-27-25-23-19-17-15-13-11-9-7-2/h15-18,23,25,29,31,42-44,48-49H,6-14,19-22,24,26-28,30,32-41H2,1-5H3/p+1/b17-15-,18-16-,25-23-,31-29-/t42-,43?,44?/m1/s1. The largest absolute Gasteiger partial charge is 0.472 e. The molecular weight excluding hydrogens is 757 g/mol. The van der Waals surface area contributed by atoms with Crippen LogP contribution < -0.4 is 0 Å². The molecule has 0 heterocycles. The van der Waals surface area contributed by atoms with E-state index in [9.17, 15) is 29.3 Å². The van der Waals surface area contributed by atoms with Gasteiger partial charge in [-0.25, -0.2) is 4.57 Å². The van der Waals surface area contributed by atoms with Crippen LogP contribution in [0.3, 0.4) is 0 Å². The van der Waals surface area contributed by atoms with E-state index in [2.05, 4.69) is 50.3 Å². The van der Waals surface area contributed by atoms with E-state index >= 15 is 0 Å². The zero-order valence-electron chi connectivity index (χ0n) is 37.2. The summed E-state index contributed by atoms with van der Waals surface area (Å²) in [4.78, 5) is 35.4. The molecule has 4 atom stereocenters. The third kappa shape index (κ3) is 39.4. The SMILES string of the molecule is CCCCC/C=C\C/C=C\C/C=C\CC(O)C(O)CCCC(=O)OC[C@H](COP(=O)(O)OCC[N+](C)(C)C)OC(=O)CCCCCCCCC/C=C\CCCCCC. The average Bonchev–Trinajstić information content (AvgIpc) is 3.17. The van der Waals surface area contributed by atoms with Crippen LogP contribution in [0.4, 0.5) is 0 Å². The van der Waals surface area contributed by atoms with E-state index in [1.54, 1.807) is 0 Å². The number of esters is 2. The lowest BCUT2D eigenvalue weighted by Gasteiger charge is -2.24. The molecule has 0 saturated carbocycles. The summed E-state index contributed by atoms with van der Waals surface area (Å²) in [6, 6.07) is 0.